The highest BCUT2D eigenvalue weighted by atomic mass is 79.9. The summed E-state index contributed by atoms with van der Waals surface area (Å²) < 4.78 is 6.19. The van der Waals surface area contributed by atoms with Gasteiger partial charge in [0.1, 0.15) is 10.8 Å². The van der Waals surface area contributed by atoms with Crippen LogP contribution in [-0.4, -0.2) is 23.3 Å². The first kappa shape index (κ1) is 16.4. The van der Waals surface area contributed by atoms with Crippen molar-refractivity contribution in [1.82, 2.24) is 10.2 Å². The van der Waals surface area contributed by atoms with E-state index in [0.29, 0.717) is 16.6 Å². The third-order valence-electron chi connectivity index (χ3n) is 3.09. The van der Waals surface area contributed by atoms with Gasteiger partial charge < -0.3 is 10.1 Å². The zero-order valence-electron chi connectivity index (χ0n) is 12.6. The van der Waals surface area contributed by atoms with E-state index >= 15 is 0 Å². The van der Waals surface area contributed by atoms with E-state index in [0.717, 1.165) is 15.0 Å². The fraction of sp³-hybridized carbons (Fsp3) is 0.0625. The highest BCUT2D eigenvalue weighted by molar-refractivity contribution is 9.10. The summed E-state index contributed by atoms with van der Waals surface area (Å²) in [4.78, 5) is 12.1. The number of carbonyl (C=O) groups is 1. The number of aromatic nitrogens is 2. The molecule has 122 valence electrons. The van der Waals surface area contributed by atoms with E-state index < -0.39 is 6.03 Å². The Balaban J connectivity index is 1.68. The highest BCUT2D eigenvalue weighted by Gasteiger charge is 2.11. The molecule has 2 amide bonds. The standard InChI is InChI=1S/C16H13BrN4O2S/c1-23-13-5-3-2-4-12(13)18-15(22)19-16-21-20-14(24-16)10-6-8-11(17)9-7-10/h2-9H,1H3,(H2,18,19,21,22). The Morgan fingerprint density at radius 2 is 1.83 bits per heavy atom. The zero-order chi connectivity index (χ0) is 16.9. The van der Waals surface area contributed by atoms with Crippen LogP contribution in [0, 0.1) is 0 Å². The third kappa shape index (κ3) is 3.90. The summed E-state index contributed by atoms with van der Waals surface area (Å²) in [6.45, 7) is 0. The molecule has 1 heterocycles. The Hall–Kier alpha value is -2.45. The van der Waals surface area contributed by atoms with Crippen LogP contribution in [0.5, 0.6) is 5.75 Å². The topological polar surface area (TPSA) is 76.1 Å². The van der Waals surface area contributed by atoms with Gasteiger partial charge in [-0.25, -0.2) is 4.79 Å². The van der Waals surface area contributed by atoms with Crippen LogP contribution >= 0.6 is 27.3 Å². The number of amides is 2. The fourth-order valence-corrected chi connectivity index (χ4v) is 2.99. The van der Waals surface area contributed by atoms with Crippen molar-refractivity contribution in [2.24, 2.45) is 0 Å². The van der Waals surface area contributed by atoms with Gasteiger partial charge in [0, 0.05) is 10.0 Å². The van der Waals surface area contributed by atoms with Gasteiger partial charge in [-0.1, -0.05) is 51.5 Å². The van der Waals surface area contributed by atoms with Gasteiger partial charge in [0.05, 0.1) is 12.8 Å². The Morgan fingerprint density at radius 3 is 2.58 bits per heavy atom. The van der Waals surface area contributed by atoms with Crippen LogP contribution < -0.4 is 15.4 Å². The van der Waals surface area contributed by atoms with Crippen LogP contribution in [0.15, 0.2) is 53.0 Å². The van der Waals surface area contributed by atoms with E-state index in [1.807, 2.05) is 36.4 Å². The number of nitrogens with one attached hydrogen (secondary N) is 2. The quantitative estimate of drug-likeness (QED) is 0.664. The van der Waals surface area contributed by atoms with Crippen LogP contribution in [0.1, 0.15) is 0 Å². The third-order valence-corrected chi connectivity index (χ3v) is 4.51. The number of hydrogen-bond donors (Lipinski definition) is 2. The van der Waals surface area contributed by atoms with Crippen LogP contribution in [0.2, 0.25) is 0 Å². The Bertz CT molecular complexity index is 851. The average Bonchev–Trinajstić information content (AvgIpc) is 3.04. The molecule has 24 heavy (non-hydrogen) atoms. The fourth-order valence-electron chi connectivity index (χ4n) is 1.98. The number of benzene rings is 2. The lowest BCUT2D eigenvalue weighted by atomic mass is 10.2. The van der Waals surface area contributed by atoms with Crippen molar-refractivity contribution in [2.45, 2.75) is 0 Å². The molecule has 2 aromatic carbocycles. The summed E-state index contributed by atoms with van der Waals surface area (Å²) in [5, 5.41) is 14.6. The number of rotatable bonds is 4. The molecule has 0 saturated heterocycles. The van der Waals surface area contributed by atoms with Crippen molar-refractivity contribution in [2.75, 3.05) is 17.7 Å². The highest BCUT2D eigenvalue weighted by Crippen LogP contribution is 2.28. The van der Waals surface area contributed by atoms with Crippen LogP contribution in [-0.2, 0) is 0 Å². The van der Waals surface area contributed by atoms with E-state index in [-0.39, 0.29) is 0 Å². The van der Waals surface area contributed by atoms with Gasteiger partial charge in [-0.05, 0) is 24.3 Å². The minimum atomic E-state index is -0.405. The molecule has 6 nitrogen and oxygen atoms in total. The van der Waals surface area contributed by atoms with Crippen molar-refractivity contribution < 1.29 is 9.53 Å². The van der Waals surface area contributed by atoms with E-state index in [1.54, 1.807) is 19.2 Å². The van der Waals surface area contributed by atoms with E-state index in [2.05, 4.69) is 36.8 Å². The van der Waals surface area contributed by atoms with Crippen molar-refractivity contribution in [1.29, 1.82) is 0 Å². The minimum absolute atomic E-state index is 0.405. The number of methoxy groups -OCH3 is 1. The number of ether oxygens (including phenoxy) is 1. The summed E-state index contributed by atoms with van der Waals surface area (Å²) in [7, 11) is 1.55. The number of carbonyl (C=O) groups excluding carboxylic acids is 1. The first-order chi connectivity index (χ1) is 11.7. The average molecular weight is 405 g/mol. The van der Waals surface area contributed by atoms with Gasteiger partial charge in [0.2, 0.25) is 5.13 Å². The number of urea groups is 1. The molecule has 0 spiro atoms. The van der Waals surface area contributed by atoms with Crippen LogP contribution in [0.25, 0.3) is 10.6 Å². The monoisotopic (exact) mass is 404 g/mol. The van der Waals surface area contributed by atoms with E-state index in [9.17, 15) is 4.79 Å². The maximum absolute atomic E-state index is 12.1. The molecule has 0 fully saturated rings. The lowest BCUT2D eigenvalue weighted by Gasteiger charge is -2.09. The van der Waals surface area contributed by atoms with Gasteiger partial charge in [-0.3, -0.25) is 5.32 Å². The molecule has 0 aliphatic rings. The number of hydrogen-bond acceptors (Lipinski definition) is 5. The first-order valence-corrected chi connectivity index (χ1v) is 8.57. The maximum atomic E-state index is 12.1. The molecular formula is C16H13BrN4O2S. The molecule has 0 saturated carbocycles. The molecule has 3 rings (SSSR count). The maximum Gasteiger partial charge on any atom is 0.325 e. The Labute approximate surface area is 151 Å². The summed E-state index contributed by atoms with van der Waals surface area (Å²) in [5.41, 5.74) is 1.52. The summed E-state index contributed by atoms with van der Waals surface area (Å²) in [6, 6.07) is 14.5. The second-order valence-electron chi connectivity index (χ2n) is 4.70. The Morgan fingerprint density at radius 1 is 1.08 bits per heavy atom. The molecule has 0 unspecified atom stereocenters. The zero-order valence-corrected chi connectivity index (χ0v) is 15.0. The second kappa shape index (κ2) is 7.41. The number of halogens is 1. The van der Waals surface area contributed by atoms with Crippen LogP contribution in [0.3, 0.4) is 0 Å². The minimum Gasteiger partial charge on any atom is -0.495 e. The normalized spacial score (nSPS) is 10.2. The molecule has 0 atom stereocenters. The van der Waals surface area contributed by atoms with Crippen molar-refractivity contribution in [3.8, 4) is 16.3 Å². The molecule has 1 aromatic heterocycles. The summed E-state index contributed by atoms with van der Waals surface area (Å²) in [6.07, 6.45) is 0. The first-order valence-electron chi connectivity index (χ1n) is 6.96. The van der Waals surface area contributed by atoms with E-state index in [4.69, 9.17) is 4.74 Å². The number of anilines is 2. The van der Waals surface area contributed by atoms with Crippen molar-refractivity contribution >= 4 is 44.1 Å². The lowest BCUT2D eigenvalue weighted by Crippen LogP contribution is -2.19. The molecule has 0 bridgehead atoms. The predicted molar refractivity (Wildman–Crippen MR) is 98.7 cm³/mol. The van der Waals surface area contributed by atoms with E-state index in [1.165, 1.54) is 11.3 Å². The number of nitrogens with zero attached hydrogens (tertiary/aromatic N) is 2. The number of para-hydroxylation sites is 2. The molecule has 2 N–H and O–H groups in total. The molecule has 0 radical (unpaired) electrons. The summed E-state index contributed by atoms with van der Waals surface area (Å²) >= 11 is 4.69. The predicted octanol–water partition coefficient (Wildman–Crippen LogP) is 4.62. The molecule has 8 heteroatoms. The molecular weight excluding hydrogens is 392 g/mol. The Kier molecular flexibility index (Phi) is 5.07. The molecule has 0 aliphatic heterocycles. The van der Waals surface area contributed by atoms with Gasteiger partial charge in [0.15, 0.2) is 0 Å². The van der Waals surface area contributed by atoms with Gasteiger partial charge in [-0.2, -0.15) is 0 Å². The molecule has 0 aliphatic carbocycles. The summed E-state index contributed by atoms with van der Waals surface area (Å²) in [5.74, 6) is 0.584. The van der Waals surface area contributed by atoms with Crippen molar-refractivity contribution in [3.63, 3.8) is 0 Å². The second-order valence-corrected chi connectivity index (χ2v) is 6.59. The van der Waals surface area contributed by atoms with Crippen LogP contribution in [0.4, 0.5) is 15.6 Å². The van der Waals surface area contributed by atoms with Crippen molar-refractivity contribution in [3.05, 3.63) is 53.0 Å². The lowest BCUT2D eigenvalue weighted by molar-refractivity contribution is 0.262. The smallest absolute Gasteiger partial charge is 0.325 e. The largest absolute Gasteiger partial charge is 0.495 e. The van der Waals surface area contributed by atoms with Gasteiger partial charge in [-0.15, -0.1) is 10.2 Å². The molecule has 3 aromatic rings. The van der Waals surface area contributed by atoms with Gasteiger partial charge in [0.25, 0.3) is 0 Å². The SMILES string of the molecule is COc1ccccc1NC(=O)Nc1nnc(-c2ccc(Br)cc2)s1. The van der Waals surface area contributed by atoms with Gasteiger partial charge >= 0.3 is 6.03 Å².